The maximum atomic E-state index is 10.1. The lowest BCUT2D eigenvalue weighted by Crippen LogP contribution is -2.44. The lowest BCUT2D eigenvalue weighted by atomic mass is 10.1. The summed E-state index contributed by atoms with van der Waals surface area (Å²) in [6.07, 6.45) is 0.733. The number of thioether (sulfide) groups is 2. The van der Waals surface area contributed by atoms with Crippen LogP contribution in [0.1, 0.15) is 39.5 Å². The van der Waals surface area contributed by atoms with E-state index in [1.807, 2.05) is 0 Å². The molecule has 116 valence electrons. The van der Waals surface area contributed by atoms with Crippen LogP contribution in [-0.4, -0.2) is 61.4 Å². The van der Waals surface area contributed by atoms with Crippen molar-refractivity contribution in [1.82, 2.24) is 0 Å². The first-order valence-electron chi connectivity index (χ1n) is 6.96. The molecule has 0 fully saturated rings. The van der Waals surface area contributed by atoms with Gasteiger partial charge in [0.05, 0.1) is 11.2 Å². The van der Waals surface area contributed by atoms with Gasteiger partial charge in [0.1, 0.15) is 18.3 Å². The molecule has 0 aliphatic carbocycles. The zero-order chi connectivity index (χ0) is 14.7. The fourth-order valence-electron chi connectivity index (χ4n) is 1.43. The molecule has 0 bridgehead atoms. The molecular weight excluding hydrogens is 284 g/mol. The molecule has 0 aromatic rings. The topological polar surface area (TPSA) is 80.9 Å². The van der Waals surface area contributed by atoms with Crippen molar-refractivity contribution in [2.24, 2.45) is 0 Å². The van der Waals surface area contributed by atoms with E-state index in [1.165, 1.54) is 0 Å². The summed E-state index contributed by atoms with van der Waals surface area (Å²) in [4.78, 5) is 0. The molecule has 0 spiro atoms. The van der Waals surface area contributed by atoms with Gasteiger partial charge >= 0.3 is 0 Å². The number of aliphatic hydroxyl groups is 4. The van der Waals surface area contributed by atoms with E-state index in [-0.39, 0.29) is 4.58 Å². The second-order valence-electron chi connectivity index (χ2n) is 4.55. The van der Waals surface area contributed by atoms with Gasteiger partial charge in [-0.3, -0.25) is 0 Å². The summed E-state index contributed by atoms with van der Waals surface area (Å²) in [6.45, 7) is 3.69. The number of aliphatic hydroxyl groups excluding tert-OH is 4. The largest absolute Gasteiger partial charge is 0.394 e. The van der Waals surface area contributed by atoms with E-state index in [2.05, 4.69) is 13.8 Å². The molecule has 19 heavy (non-hydrogen) atoms. The van der Waals surface area contributed by atoms with E-state index in [9.17, 15) is 15.3 Å². The second-order valence-corrected chi connectivity index (χ2v) is 7.35. The maximum absolute atomic E-state index is 10.1. The van der Waals surface area contributed by atoms with Gasteiger partial charge in [-0.15, -0.1) is 23.5 Å². The van der Waals surface area contributed by atoms with Gasteiger partial charge in [0, 0.05) is 0 Å². The van der Waals surface area contributed by atoms with Gasteiger partial charge in [0.15, 0.2) is 0 Å². The first kappa shape index (κ1) is 19.5. The summed E-state index contributed by atoms with van der Waals surface area (Å²) in [5.41, 5.74) is 0. The molecule has 0 saturated carbocycles. The third-order valence-corrected chi connectivity index (χ3v) is 5.85. The molecule has 6 heteroatoms. The zero-order valence-corrected chi connectivity index (χ0v) is 13.5. The summed E-state index contributed by atoms with van der Waals surface area (Å²) in [6, 6.07) is 0. The third-order valence-electron chi connectivity index (χ3n) is 2.77. The Morgan fingerprint density at radius 2 is 1.32 bits per heavy atom. The summed E-state index contributed by atoms with van der Waals surface area (Å²) < 4.78 is -0.158. The number of unbranched alkanes of at least 4 members (excludes halogenated alkanes) is 2. The molecule has 0 heterocycles. The van der Waals surface area contributed by atoms with Crippen LogP contribution in [0.4, 0.5) is 0 Å². The molecular formula is C13H28O4S2. The van der Waals surface area contributed by atoms with Gasteiger partial charge in [-0.05, 0) is 24.3 Å². The van der Waals surface area contributed by atoms with Crippen molar-refractivity contribution in [2.45, 2.75) is 62.4 Å². The Morgan fingerprint density at radius 3 is 1.68 bits per heavy atom. The maximum Gasteiger partial charge on any atom is 0.110 e. The van der Waals surface area contributed by atoms with Crippen molar-refractivity contribution in [3.8, 4) is 0 Å². The number of hydrogen-bond donors (Lipinski definition) is 4. The van der Waals surface area contributed by atoms with Crippen LogP contribution < -0.4 is 0 Å². The normalized spacial score (nSPS) is 16.6. The van der Waals surface area contributed by atoms with Gasteiger partial charge < -0.3 is 20.4 Å². The molecule has 4 N–H and O–H groups in total. The monoisotopic (exact) mass is 312 g/mol. The number of hydrogen-bond acceptors (Lipinski definition) is 6. The Hall–Kier alpha value is 0.540. The van der Waals surface area contributed by atoms with Crippen LogP contribution in [0, 0.1) is 0 Å². The molecule has 0 aromatic heterocycles. The van der Waals surface area contributed by atoms with Crippen molar-refractivity contribution in [1.29, 1.82) is 0 Å². The SMILES string of the molecule is CCCCSC(SCCCC)[C@H](O)[C@H](O)[C@@H](O)CO. The fourth-order valence-corrected chi connectivity index (χ4v) is 4.48. The standard InChI is InChI=1S/C13H28O4S2/c1-3-5-7-18-13(19-8-6-4-2)12(17)11(16)10(15)9-14/h10-17H,3-9H2,1-2H3/t10-,11+,12+/m0/s1. The Morgan fingerprint density at radius 1 is 0.842 bits per heavy atom. The highest BCUT2D eigenvalue weighted by molar-refractivity contribution is 8.17. The molecule has 0 radical (unpaired) electrons. The average Bonchev–Trinajstić information content (AvgIpc) is 2.43. The highest BCUT2D eigenvalue weighted by atomic mass is 32.2. The van der Waals surface area contributed by atoms with Crippen LogP contribution in [-0.2, 0) is 0 Å². The molecule has 0 aliphatic heterocycles. The first-order valence-corrected chi connectivity index (χ1v) is 9.06. The second kappa shape index (κ2) is 12.3. The van der Waals surface area contributed by atoms with E-state index in [4.69, 9.17) is 5.11 Å². The van der Waals surface area contributed by atoms with Crippen LogP contribution in [0.25, 0.3) is 0 Å². The lowest BCUT2D eigenvalue weighted by molar-refractivity contribution is -0.0706. The summed E-state index contributed by atoms with van der Waals surface area (Å²) in [5.74, 6) is 1.86. The Bertz CT molecular complexity index is 197. The van der Waals surface area contributed by atoms with Crippen LogP contribution >= 0.6 is 23.5 Å². The van der Waals surface area contributed by atoms with Crippen molar-refractivity contribution in [3.63, 3.8) is 0 Å². The van der Waals surface area contributed by atoms with Crippen LogP contribution in [0.15, 0.2) is 0 Å². The molecule has 0 rings (SSSR count). The third kappa shape index (κ3) is 8.42. The Balaban J connectivity index is 4.33. The summed E-state index contributed by atoms with van der Waals surface area (Å²) >= 11 is 3.24. The van der Waals surface area contributed by atoms with Crippen LogP contribution in [0.3, 0.4) is 0 Å². The first-order chi connectivity index (χ1) is 9.08. The highest BCUT2D eigenvalue weighted by Gasteiger charge is 2.31. The minimum Gasteiger partial charge on any atom is -0.394 e. The van der Waals surface area contributed by atoms with Gasteiger partial charge in [-0.2, -0.15) is 0 Å². The molecule has 0 saturated heterocycles. The molecule has 0 aliphatic rings. The average molecular weight is 312 g/mol. The van der Waals surface area contributed by atoms with E-state index in [1.54, 1.807) is 23.5 Å². The quantitative estimate of drug-likeness (QED) is 0.323. The minimum absolute atomic E-state index is 0.158. The van der Waals surface area contributed by atoms with Crippen molar-refractivity contribution < 1.29 is 20.4 Å². The van der Waals surface area contributed by atoms with Gasteiger partial charge in [-0.1, -0.05) is 26.7 Å². The Labute approximate surface area is 125 Å². The molecule has 0 unspecified atom stereocenters. The van der Waals surface area contributed by atoms with Gasteiger partial charge in [-0.25, -0.2) is 0 Å². The number of rotatable bonds is 12. The lowest BCUT2D eigenvalue weighted by Gasteiger charge is -2.28. The van der Waals surface area contributed by atoms with Crippen molar-refractivity contribution in [2.75, 3.05) is 18.1 Å². The van der Waals surface area contributed by atoms with E-state index in [0.29, 0.717) is 0 Å². The minimum atomic E-state index is -1.29. The van der Waals surface area contributed by atoms with Gasteiger partial charge in [0.2, 0.25) is 0 Å². The van der Waals surface area contributed by atoms with Crippen LogP contribution in [0.2, 0.25) is 0 Å². The predicted octanol–water partition coefficient (Wildman–Crippen LogP) is 1.45. The summed E-state index contributed by atoms with van der Waals surface area (Å²) in [5, 5.41) is 38.1. The molecule has 3 atom stereocenters. The van der Waals surface area contributed by atoms with Crippen molar-refractivity contribution >= 4 is 23.5 Å². The van der Waals surface area contributed by atoms with E-state index < -0.39 is 24.9 Å². The van der Waals surface area contributed by atoms with Crippen molar-refractivity contribution in [3.05, 3.63) is 0 Å². The highest BCUT2D eigenvalue weighted by Crippen LogP contribution is 2.30. The van der Waals surface area contributed by atoms with E-state index in [0.717, 1.165) is 37.2 Å². The molecule has 0 aromatic carbocycles. The van der Waals surface area contributed by atoms with Crippen LogP contribution in [0.5, 0.6) is 0 Å². The Kier molecular flexibility index (Phi) is 12.6. The van der Waals surface area contributed by atoms with Gasteiger partial charge in [0.25, 0.3) is 0 Å². The summed E-state index contributed by atoms with van der Waals surface area (Å²) in [7, 11) is 0. The van der Waals surface area contributed by atoms with E-state index >= 15 is 0 Å². The smallest absolute Gasteiger partial charge is 0.110 e. The zero-order valence-electron chi connectivity index (χ0n) is 11.9. The molecule has 4 nitrogen and oxygen atoms in total. The molecule has 0 amide bonds. The fraction of sp³-hybridized carbons (Fsp3) is 1.00. The predicted molar refractivity (Wildman–Crippen MR) is 83.6 cm³/mol.